The number of esters is 1. The van der Waals surface area contributed by atoms with Gasteiger partial charge in [0.1, 0.15) is 5.82 Å². The van der Waals surface area contributed by atoms with Crippen LogP contribution in [0.25, 0.3) is 5.65 Å². The predicted octanol–water partition coefficient (Wildman–Crippen LogP) is 4.35. The molecule has 3 aliphatic heterocycles. The maximum absolute atomic E-state index is 13.7. The lowest BCUT2D eigenvalue weighted by Crippen LogP contribution is -2.63. The fourth-order valence-electron chi connectivity index (χ4n) is 8.10. The molecule has 226 valence electrons. The van der Waals surface area contributed by atoms with Gasteiger partial charge in [-0.1, -0.05) is 36.4 Å². The minimum absolute atomic E-state index is 0.00650. The number of amides is 1. The van der Waals surface area contributed by atoms with Crippen LogP contribution in [0.2, 0.25) is 0 Å². The number of aryl methyl sites for hydroxylation is 1. The van der Waals surface area contributed by atoms with E-state index in [2.05, 4.69) is 63.2 Å². The lowest BCUT2D eigenvalue weighted by Gasteiger charge is -2.61. The lowest BCUT2D eigenvalue weighted by atomic mass is 9.53. The third kappa shape index (κ3) is 4.33. The van der Waals surface area contributed by atoms with Crippen molar-refractivity contribution in [1.82, 2.24) is 24.5 Å². The van der Waals surface area contributed by atoms with E-state index in [1.807, 2.05) is 23.2 Å². The Bertz CT molecular complexity index is 1770. The Morgan fingerprint density at radius 3 is 2.50 bits per heavy atom. The van der Waals surface area contributed by atoms with Crippen LogP contribution in [-0.2, 0) is 4.74 Å². The number of hydrogen-bond acceptors (Lipinski definition) is 8. The van der Waals surface area contributed by atoms with Crippen molar-refractivity contribution in [3.8, 4) is 0 Å². The summed E-state index contributed by atoms with van der Waals surface area (Å²) in [7, 11) is 1.36. The molecule has 10 nitrogen and oxygen atoms in total. The van der Waals surface area contributed by atoms with Crippen molar-refractivity contribution in [3.63, 3.8) is 0 Å². The molecule has 2 atom stereocenters. The van der Waals surface area contributed by atoms with Crippen LogP contribution in [-0.4, -0.2) is 82.7 Å². The van der Waals surface area contributed by atoms with Crippen molar-refractivity contribution in [2.75, 3.05) is 56.2 Å². The number of nitrogens with zero attached hydrogens (tertiary/aromatic N) is 7. The van der Waals surface area contributed by atoms with Crippen LogP contribution in [0.15, 0.2) is 60.8 Å². The number of benzene rings is 1. The van der Waals surface area contributed by atoms with E-state index >= 15 is 0 Å². The zero-order chi connectivity index (χ0) is 30.1. The summed E-state index contributed by atoms with van der Waals surface area (Å²) in [6, 6.07) is 18.5. The van der Waals surface area contributed by atoms with Gasteiger partial charge in [-0.05, 0) is 67.9 Å². The molecule has 1 amide bonds. The lowest BCUT2D eigenvalue weighted by molar-refractivity contribution is 0.0520. The normalized spacial score (nSPS) is 23.8. The first-order valence-electron chi connectivity index (χ1n) is 15.6. The second-order valence-electron chi connectivity index (χ2n) is 13.3. The van der Waals surface area contributed by atoms with Crippen LogP contribution in [0.1, 0.15) is 63.8 Å². The molecule has 8 rings (SSSR count). The van der Waals surface area contributed by atoms with Gasteiger partial charge in [-0.25, -0.2) is 19.3 Å². The standard InChI is InChI=1S/C34H37N7O3/c1-23-17-25(40-21-34(22-40)12-11-26(34)24-7-4-3-5-8-24)18-41-30(23)36-29(37-41)31(42)39-16-14-33(20-39)13-15-38(19-33)28-10-6-9-27(35-28)32(43)44-2/h3-10,17-18,26H,11-16,19-22H2,1-2H3/t26?,33-/m1/s1. The fourth-order valence-corrected chi connectivity index (χ4v) is 8.10. The molecule has 10 heteroatoms. The Morgan fingerprint density at radius 1 is 0.909 bits per heavy atom. The van der Waals surface area contributed by atoms with E-state index in [9.17, 15) is 9.59 Å². The van der Waals surface area contributed by atoms with Crippen molar-refractivity contribution < 1.29 is 14.3 Å². The summed E-state index contributed by atoms with van der Waals surface area (Å²) in [5, 5.41) is 4.69. The summed E-state index contributed by atoms with van der Waals surface area (Å²) >= 11 is 0. The molecular weight excluding hydrogens is 554 g/mol. The van der Waals surface area contributed by atoms with E-state index in [0.29, 0.717) is 30.1 Å². The quantitative estimate of drug-likeness (QED) is 0.316. The van der Waals surface area contributed by atoms with Gasteiger partial charge in [0.15, 0.2) is 11.3 Å². The number of aromatic nitrogens is 4. The number of carbonyl (C=O) groups is 2. The van der Waals surface area contributed by atoms with E-state index in [0.717, 1.165) is 61.7 Å². The molecule has 0 N–H and O–H groups in total. The minimum atomic E-state index is -0.440. The maximum atomic E-state index is 13.7. The van der Waals surface area contributed by atoms with Crippen LogP contribution in [0.3, 0.4) is 0 Å². The number of rotatable bonds is 5. The van der Waals surface area contributed by atoms with E-state index in [-0.39, 0.29) is 17.1 Å². The first-order chi connectivity index (χ1) is 21.4. The Kier molecular flexibility index (Phi) is 6.18. The van der Waals surface area contributed by atoms with Gasteiger partial charge in [-0.3, -0.25) is 4.79 Å². The van der Waals surface area contributed by atoms with E-state index in [1.54, 1.807) is 10.6 Å². The molecular formula is C34H37N7O3. The summed E-state index contributed by atoms with van der Waals surface area (Å²) in [4.78, 5) is 41.4. The Balaban J connectivity index is 0.946. The SMILES string of the molecule is COC(=O)c1cccc(N2CC[C@@]3(CCN(C(=O)c4nc5c(C)cc(N6CC7(CCC7c7ccccc7)C6)cn5n4)C3)C2)n1. The highest BCUT2D eigenvalue weighted by Gasteiger charge is 2.55. The van der Waals surface area contributed by atoms with Gasteiger partial charge < -0.3 is 19.4 Å². The molecule has 4 fully saturated rings. The van der Waals surface area contributed by atoms with Gasteiger partial charge in [-0.15, -0.1) is 5.10 Å². The van der Waals surface area contributed by atoms with Gasteiger partial charge in [0, 0.05) is 50.1 Å². The van der Waals surface area contributed by atoms with Gasteiger partial charge in [0.2, 0.25) is 5.82 Å². The van der Waals surface area contributed by atoms with Crippen LogP contribution in [0.4, 0.5) is 11.5 Å². The van der Waals surface area contributed by atoms with Crippen LogP contribution in [0.5, 0.6) is 0 Å². The zero-order valence-corrected chi connectivity index (χ0v) is 25.3. The van der Waals surface area contributed by atoms with Crippen molar-refractivity contribution in [2.45, 2.75) is 38.5 Å². The molecule has 44 heavy (non-hydrogen) atoms. The van der Waals surface area contributed by atoms with E-state index < -0.39 is 5.97 Å². The Hall–Kier alpha value is -4.47. The zero-order valence-electron chi connectivity index (χ0n) is 25.3. The second kappa shape index (κ2) is 10.0. The molecule has 6 heterocycles. The van der Waals surface area contributed by atoms with Crippen molar-refractivity contribution in [2.24, 2.45) is 10.8 Å². The monoisotopic (exact) mass is 591 g/mol. The fraction of sp³-hybridized carbons (Fsp3) is 0.441. The number of anilines is 2. The first kappa shape index (κ1) is 27.1. The van der Waals surface area contributed by atoms with E-state index in [4.69, 9.17) is 9.72 Å². The number of fused-ring (bicyclic) bond motifs is 1. The first-order valence-corrected chi connectivity index (χ1v) is 15.6. The summed E-state index contributed by atoms with van der Waals surface area (Å²) < 4.78 is 6.63. The average Bonchev–Trinajstić information content (AvgIpc) is 3.75. The third-order valence-electron chi connectivity index (χ3n) is 10.7. The summed E-state index contributed by atoms with van der Waals surface area (Å²) in [6.45, 7) is 7.11. The summed E-state index contributed by atoms with van der Waals surface area (Å²) in [5.74, 6) is 1.11. The molecule has 3 aromatic heterocycles. The van der Waals surface area contributed by atoms with Gasteiger partial charge in [0.25, 0.3) is 5.91 Å². The maximum Gasteiger partial charge on any atom is 0.356 e. The molecule has 4 aliphatic rings. The average molecular weight is 592 g/mol. The topological polar surface area (TPSA) is 96.2 Å². The van der Waals surface area contributed by atoms with E-state index in [1.165, 1.54) is 25.5 Å². The van der Waals surface area contributed by atoms with Crippen LogP contribution >= 0.6 is 0 Å². The molecule has 0 bridgehead atoms. The highest BCUT2D eigenvalue weighted by atomic mass is 16.5. The number of methoxy groups -OCH3 is 1. The number of likely N-dealkylation sites (tertiary alicyclic amines) is 1. The second-order valence-corrected chi connectivity index (χ2v) is 13.3. The molecule has 1 aromatic carbocycles. The number of pyridine rings is 2. The van der Waals surface area contributed by atoms with Crippen LogP contribution in [0, 0.1) is 17.8 Å². The third-order valence-corrected chi connectivity index (χ3v) is 10.7. The molecule has 1 saturated carbocycles. The molecule has 2 spiro atoms. The van der Waals surface area contributed by atoms with Crippen LogP contribution < -0.4 is 9.80 Å². The van der Waals surface area contributed by atoms with Crippen molar-refractivity contribution in [3.05, 3.63) is 83.4 Å². The Labute approximate surface area is 256 Å². The highest BCUT2D eigenvalue weighted by molar-refractivity contribution is 5.91. The molecule has 0 radical (unpaired) electrons. The van der Waals surface area contributed by atoms with Gasteiger partial charge in [0.05, 0.1) is 19.0 Å². The largest absolute Gasteiger partial charge is 0.464 e. The van der Waals surface area contributed by atoms with Gasteiger partial charge in [-0.2, -0.15) is 0 Å². The number of hydrogen-bond donors (Lipinski definition) is 0. The molecule has 3 saturated heterocycles. The highest BCUT2D eigenvalue weighted by Crippen LogP contribution is 2.58. The number of carbonyl (C=O) groups excluding carboxylic acids is 2. The number of ether oxygens (including phenoxy) is 1. The minimum Gasteiger partial charge on any atom is -0.464 e. The molecule has 4 aromatic rings. The predicted molar refractivity (Wildman–Crippen MR) is 166 cm³/mol. The summed E-state index contributed by atoms with van der Waals surface area (Å²) in [6.07, 6.45) is 6.45. The van der Waals surface area contributed by atoms with Crippen molar-refractivity contribution in [1.29, 1.82) is 0 Å². The van der Waals surface area contributed by atoms with Crippen molar-refractivity contribution >= 4 is 29.0 Å². The Morgan fingerprint density at radius 2 is 1.73 bits per heavy atom. The molecule has 1 aliphatic carbocycles. The summed E-state index contributed by atoms with van der Waals surface area (Å²) in [5.41, 5.74) is 5.02. The smallest absolute Gasteiger partial charge is 0.356 e. The molecule has 1 unspecified atom stereocenters. The van der Waals surface area contributed by atoms with Gasteiger partial charge >= 0.3 is 5.97 Å².